The molecule has 1 rings (SSSR count). The molecule has 106 valence electrons. The number of anilines is 1. The first-order chi connectivity index (χ1) is 9.11. The lowest BCUT2D eigenvalue weighted by Crippen LogP contribution is -2.15. The van der Waals surface area contributed by atoms with Gasteiger partial charge in [0, 0.05) is 12.3 Å². The van der Waals surface area contributed by atoms with Crippen molar-refractivity contribution in [3.63, 3.8) is 0 Å². The number of alkyl halides is 2. The predicted octanol–water partition coefficient (Wildman–Crippen LogP) is 1.83. The van der Waals surface area contributed by atoms with E-state index < -0.39 is 13.0 Å². The van der Waals surface area contributed by atoms with Crippen LogP contribution >= 0.6 is 0 Å². The zero-order chi connectivity index (χ0) is 14.1. The van der Waals surface area contributed by atoms with E-state index in [-0.39, 0.29) is 25.5 Å². The number of nitrogens with one attached hydrogen (secondary N) is 1. The van der Waals surface area contributed by atoms with Crippen molar-refractivity contribution in [2.45, 2.75) is 19.3 Å². The molecule has 0 fully saturated rings. The molecule has 19 heavy (non-hydrogen) atoms. The van der Waals surface area contributed by atoms with Crippen LogP contribution in [0.2, 0.25) is 0 Å². The van der Waals surface area contributed by atoms with E-state index in [9.17, 15) is 13.6 Å². The minimum absolute atomic E-state index is 0.0290. The summed E-state index contributed by atoms with van der Waals surface area (Å²) in [4.78, 5) is 11.4. The monoisotopic (exact) mass is 273 g/mol. The molecule has 0 saturated heterocycles. The molecular formula is C13H17F2NO3. The molecule has 0 radical (unpaired) electrons. The molecule has 0 aromatic heterocycles. The summed E-state index contributed by atoms with van der Waals surface area (Å²) in [6, 6.07) is 7.06. The van der Waals surface area contributed by atoms with Crippen LogP contribution in [0, 0.1) is 0 Å². The van der Waals surface area contributed by atoms with Crippen LogP contribution in [0.1, 0.15) is 12.0 Å². The van der Waals surface area contributed by atoms with E-state index in [1.54, 1.807) is 24.3 Å². The third kappa shape index (κ3) is 6.83. The first kappa shape index (κ1) is 15.5. The Hall–Kier alpha value is -1.53. The molecule has 0 aliphatic rings. The molecule has 0 unspecified atom stereocenters. The maximum atomic E-state index is 11.8. The second-order valence-electron chi connectivity index (χ2n) is 3.93. The van der Waals surface area contributed by atoms with Crippen molar-refractivity contribution in [3.05, 3.63) is 29.8 Å². The van der Waals surface area contributed by atoms with Crippen LogP contribution in [0.25, 0.3) is 0 Å². The van der Waals surface area contributed by atoms with Crippen molar-refractivity contribution in [2.24, 2.45) is 0 Å². The van der Waals surface area contributed by atoms with Gasteiger partial charge in [-0.05, 0) is 24.1 Å². The molecule has 6 heteroatoms. The van der Waals surface area contributed by atoms with Gasteiger partial charge in [0.1, 0.15) is 6.61 Å². The highest BCUT2D eigenvalue weighted by Gasteiger charge is 2.05. The van der Waals surface area contributed by atoms with Gasteiger partial charge in [-0.3, -0.25) is 4.79 Å². The smallest absolute Gasteiger partial charge is 0.261 e. The molecule has 4 nitrogen and oxygen atoms in total. The molecule has 0 aliphatic carbocycles. The third-order valence-corrected chi connectivity index (χ3v) is 2.36. The molecule has 1 aromatic carbocycles. The Labute approximate surface area is 110 Å². The van der Waals surface area contributed by atoms with Gasteiger partial charge in [-0.25, -0.2) is 8.78 Å². The van der Waals surface area contributed by atoms with Gasteiger partial charge < -0.3 is 15.2 Å². The summed E-state index contributed by atoms with van der Waals surface area (Å²) in [6.45, 7) is -0.602. The maximum Gasteiger partial charge on any atom is 0.261 e. The van der Waals surface area contributed by atoms with Gasteiger partial charge in [-0.1, -0.05) is 12.1 Å². The summed E-state index contributed by atoms with van der Waals surface area (Å²) in [5.41, 5.74) is 1.60. The van der Waals surface area contributed by atoms with Crippen molar-refractivity contribution < 1.29 is 23.4 Å². The molecular weight excluding hydrogens is 256 g/mol. The van der Waals surface area contributed by atoms with E-state index >= 15 is 0 Å². The van der Waals surface area contributed by atoms with Crippen LogP contribution in [0.4, 0.5) is 14.5 Å². The molecule has 2 N–H and O–H groups in total. The Morgan fingerprint density at radius 2 is 2.00 bits per heavy atom. The molecule has 0 saturated carbocycles. The molecule has 0 aliphatic heterocycles. The number of carbonyl (C=O) groups is 1. The lowest BCUT2D eigenvalue weighted by molar-refractivity contribution is -0.117. The SMILES string of the molecule is O=C(CCOCC(F)F)Nc1ccc(CCO)cc1. The third-order valence-electron chi connectivity index (χ3n) is 2.36. The first-order valence-corrected chi connectivity index (χ1v) is 5.97. The average Bonchev–Trinajstić information content (AvgIpc) is 2.37. The Morgan fingerprint density at radius 1 is 1.32 bits per heavy atom. The molecule has 0 spiro atoms. The van der Waals surface area contributed by atoms with Crippen LogP contribution in [0.15, 0.2) is 24.3 Å². The zero-order valence-corrected chi connectivity index (χ0v) is 10.4. The second-order valence-corrected chi connectivity index (χ2v) is 3.93. The van der Waals surface area contributed by atoms with Crippen LogP contribution in [0.3, 0.4) is 0 Å². The fraction of sp³-hybridized carbons (Fsp3) is 0.462. The van der Waals surface area contributed by atoms with Gasteiger partial charge in [0.2, 0.25) is 5.91 Å². The Bertz CT molecular complexity index is 382. The van der Waals surface area contributed by atoms with Crippen molar-refractivity contribution in [1.29, 1.82) is 0 Å². The molecule has 0 bridgehead atoms. The van der Waals surface area contributed by atoms with Gasteiger partial charge in [-0.15, -0.1) is 0 Å². The summed E-state index contributed by atoms with van der Waals surface area (Å²) in [5, 5.41) is 11.4. The number of carbonyl (C=O) groups excluding carboxylic acids is 1. The number of hydrogen-bond donors (Lipinski definition) is 2. The van der Waals surface area contributed by atoms with Crippen molar-refractivity contribution in [3.8, 4) is 0 Å². The minimum atomic E-state index is -2.51. The fourth-order valence-electron chi connectivity index (χ4n) is 1.44. The van der Waals surface area contributed by atoms with Gasteiger partial charge >= 0.3 is 0 Å². The molecule has 1 amide bonds. The number of ether oxygens (including phenoxy) is 1. The Balaban J connectivity index is 2.27. The maximum absolute atomic E-state index is 11.8. The first-order valence-electron chi connectivity index (χ1n) is 5.97. The molecule has 1 aromatic rings. The van der Waals surface area contributed by atoms with E-state index in [0.717, 1.165) is 5.56 Å². The van der Waals surface area contributed by atoms with Crippen molar-refractivity contribution in [2.75, 3.05) is 25.1 Å². The van der Waals surface area contributed by atoms with Gasteiger partial charge in [-0.2, -0.15) is 0 Å². The highest BCUT2D eigenvalue weighted by atomic mass is 19.3. The summed E-state index contributed by atoms with van der Waals surface area (Å²) in [7, 11) is 0. The largest absolute Gasteiger partial charge is 0.396 e. The minimum Gasteiger partial charge on any atom is -0.396 e. The summed E-state index contributed by atoms with van der Waals surface area (Å²) >= 11 is 0. The number of hydrogen-bond acceptors (Lipinski definition) is 3. The van der Waals surface area contributed by atoms with Gasteiger partial charge in [0.25, 0.3) is 6.43 Å². The highest BCUT2D eigenvalue weighted by Crippen LogP contribution is 2.10. The number of amides is 1. The topological polar surface area (TPSA) is 58.6 Å². The Kier molecular flexibility index (Phi) is 6.99. The number of halogens is 2. The lowest BCUT2D eigenvalue weighted by Gasteiger charge is -2.07. The normalized spacial score (nSPS) is 10.7. The molecule has 0 atom stereocenters. The molecule has 0 heterocycles. The lowest BCUT2D eigenvalue weighted by atomic mass is 10.1. The summed E-state index contributed by atoms with van der Waals surface area (Å²) < 4.78 is 28.1. The van der Waals surface area contributed by atoms with Gasteiger partial charge in [0.05, 0.1) is 13.0 Å². The number of rotatable bonds is 8. The van der Waals surface area contributed by atoms with E-state index in [2.05, 4.69) is 10.1 Å². The van der Waals surface area contributed by atoms with Crippen LogP contribution in [-0.4, -0.2) is 37.3 Å². The van der Waals surface area contributed by atoms with Crippen molar-refractivity contribution in [1.82, 2.24) is 0 Å². The van der Waals surface area contributed by atoms with E-state index in [0.29, 0.717) is 12.1 Å². The van der Waals surface area contributed by atoms with Crippen LogP contribution in [-0.2, 0) is 16.0 Å². The second kappa shape index (κ2) is 8.55. The van der Waals surface area contributed by atoms with Crippen LogP contribution in [0.5, 0.6) is 0 Å². The quantitative estimate of drug-likeness (QED) is 0.710. The van der Waals surface area contributed by atoms with E-state index in [1.807, 2.05) is 0 Å². The Morgan fingerprint density at radius 3 is 2.58 bits per heavy atom. The predicted molar refractivity (Wildman–Crippen MR) is 67.3 cm³/mol. The number of aliphatic hydroxyl groups excluding tert-OH is 1. The number of benzene rings is 1. The highest BCUT2D eigenvalue weighted by molar-refractivity contribution is 5.90. The van der Waals surface area contributed by atoms with E-state index in [1.165, 1.54) is 0 Å². The summed E-state index contributed by atoms with van der Waals surface area (Å²) in [6.07, 6.45) is -1.91. The fourth-order valence-corrected chi connectivity index (χ4v) is 1.44. The average molecular weight is 273 g/mol. The van der Waals surface area contributed by atoms with E-state index in [4.69, 9.17) is 5.11 Å². The number of aliphatic hydroxyl groups is 1. The summed E-state index contributed by atoms with van der Waals surface area (Å²) in [5.74, 6) is -0.288. The van der Waals surface area contributed by atoms with Gasteiger partial charge in [0.15, 0.2) is 0 Å². The van der Waals surface area contributed by atoms with Crippen LogP contribution < -0.4 is 5.32 Å². The van der Waals surface area contributed by atoms with Crippen molar-refractivity contribution >= 4 is 11.6 Å². The zero-order valence-electron chi connectivity index (χ0n) is 10.4. The standard InChI is InChI=1S/C13H17F2NO3/c14-12(15)9-19-8-6-13(18)16-11-3-1-10(2-4-11)5-7-17/h1-4,12,17H,5-9H2,(H,16,18).